The maximum Gasteiger partial charge on any atom is 0.421 e. The number of hydrogen-bond donors (Lipinski definition) is 0. The minimum Gasteiger partial charge on any atom is -0.452 e. The van der Waals surface area contributed by atoms with Crippen LogP contribution in [-0.4, -0.2) is 24.5 Å². The maximum atomic E-state index is 12.2. The molecule has 0 saturated heterocycles. The molecule has 0 N–H and O–H groups in total. The summed E-state index contributed by atoms with van der Waals surface area (Å²) in [5, 5.41) is 0.584. The van der Waals surface area contributed by atoms with Gasteiger partial charge in [-0.2, -0.15) is 4.79 Å². The molecule has 1 aromatic carbocycles. The minimum absolute atomic E-state index is 0.0142. The van der Waals surface area contributed by atoms with Crippen molar-refractivity contribution < 1.29 is 14.3 Å². The van der Waals surface area contributed by atoms with Crippen LogP contribution in [0.25, 0.3) is 5.53 Å². The molecule has 0 aliphatic heterocycles. The van der Waals surface area contributed by atoms with Crippen LogP contribution in [0.1, 0.15) is 26.3 Å². The van der Waals surface area contributed by atoms with Crippen molar-refractivity contribution in [1.82, 2.24) is 0 Å². The molecule has 0 bridgehead atoms. The monoisotopic (exact) mass is 316 g/mol. The normalized spacial score (nSPS) is 11.5. The van der Waals surface area contributed by atoms with Gasteiger partial charge in [0.2, 0.25) is 0 Å². The van der Waals surface area contributed by atoms with Crippen LogP contribution in [0.3, 0.4) is 0 Å². The zero-order valence-corrected chi connectivity index (χ0v) is 15.0. The fraction of sp³-hybridized carbons (Fsp3) is 0.412. The lowest BCUT2D eigenvalue weighted by Crippen LogP contribution is -2.44. The Morgan fingerprint density at radius 1 is 1.27 bits per heavy atom. The molecular formula is C17H24N2O2Si. The Labute approximate surface area is 133 Å². The van der Waals surface area contributed by atoms with Gasteiger partial charge < -0.3 is 10.3 Å². The minimum atomic E-state index is -2.05. The number of nitrogens with zero attached hydrogens (tertiary/aromatic N) is 2. The Hall–Kier alpha value is -1.97. The Bertz CT molecular complexity index is 609. The van der Waals surface area contributed by atoms with Crippen molar-refractivity contribution in [1.29, 1.82) is 0 Å². The predicted molar refractivity (Wildman–Crippen MR) is 91.2 cm³/mol. The summed E-state index contributed by atoms with van der Waals surface area (Å²) in [4.78, 5) is 15.4. The van der Waals surface area contributed by atoms with E-state index in [1.54, 1.807) is 0 Å². The van der Waals surface area contributed by atoms with Gasteiger partial charge >= 0.3 is 11.7 Å². The Balaban J connectivity index is 2.86. The molecule has 0 amide bonds. The first kappa shape index (κ1) is 18.1. The zero-order valence-electron chi connectivity index (χ0n) is 14.0. The average molecular weight is 316 g/mol. The molecule has 0 heterocycles. The average Bonchev–Trinajstić information content (AvgIpc) is 2.45. The summed E-state index contributed by atoms with van der Waals surface area (Å²) in [6.45, 7) is 14.7. The number of carbonyl (C=O) groups is 1. The van der Waals surface area contributed by atoms with Gasteiger partial charge in [0.1, 0.15) is 6.61 Å². The third kappa shape index (κ3) is 4.03. The van der Waals surface area contributed by atoms with Crippen LogP contribution in [0.4, 0.5) is 0 Å². The van der Waals surface area contributed by atoms with Crippen LogP contribution in [0.2, 0.25) is 18.1 Å². The Kier molecular flexibility index (Phi) is 5.63. The van der Waals surface area contributed by atoms with Crippen molar-refractivity contribution >= 4 is 19.8 Å². The van der Waals surface area contributed by atoms with E-state index < -0.39 is 14.0 Å². The first-order valence-corrected chi connectivity index (χ1v) is 10.2. The molecule has 0 aliphatic carbocycles. The van der Waals surface area contributed by atoms with Gasteiger partial charge in [0.05, 0.1) is 8.07 Å². The highest BCUT2D eigenvalue weighted by Gasteiger charge is 2.45. The summed E-state index contributed by atoms with van der Waals surface area (Å²) in [5.41, 5.74) is 10.1. The predicted octanol–water partition coefficient (Wildman–Crippen LogP) is 4.00. The molecule has 118 valence electrons. The molecule has 22 heavy (non-hydrogen) atoms. The van der Waals surface area contributed by atoms with E-state index in [9.17, 15) is 10.3 Å². The third-order valence-electron chi connectivity index (χ3n) is 4.42. The van der Waals surface area contributed by atoms with Gasteiger partial charge in [-0.1, -0.05) is 70.8 Å². The molecular weight excluding hydrogens is 292 g/mol. The molecule has 0 spiro atoms. The molecule has 0 radical (unpaired) electrons. The molecule has 0 atom stereocenters. The van der Waals surface area contributed by atoms with Crippen LogP contribution < -0.4 is 0 Å². The van der Waals surface area contributed by atoms with Gasteiger partial charge in [-0.15, -0.1) is 0 Å². The SMILES string of the molecule is C=C(C(=[N+]=[N-])C(=O)OCc1ccccc1)[Si](C)(C)C(C)(C)C. The lowest BCUT2D eigenvalue weighted by atomic mass is 10.2. The lowest BCUT2D eigenvalue weighted by molar-refractivity contribution is -0.141. The number of benzene rings is 1. The third-order valence-corrected chi connectivity index (χ3v) is 9.92. The fourth-order valence-electron chi connectivity index (χ4n) is 1.76. The van der Waals surface area contributed by atoms with E-state index in [-0.39, 0.29) is 17.4 Å². The molecule has 5 heteroatoms. The van der Waals surface area contributed by atoms with E-state index in [0.717, 1.165) is 5.56 Å². The van der Waals surface area contributed by atoms with Gasteiger partial charge in [0.25, 0.3) is 0 Å². The summed E-state index contributed by atoms with van der Waals surface area (Å²) in [6, 6.07) is 9.38. The highest BCUT2D eigenvalue weighted by molar-refractivity contribution is 6.92. The van der Waals surface area contributed by atoms with Crippen LogP contribution in [0.15, 0.2) is 42.1 Å². The highest BCUT2D eigenvalue weighted by atomic mass is 28.3. The van der Waals surface area contributed by atoms with Crippen molar-refractivity contribution in [2.45, 2.75) is 45.5 Å². The van der Waals surface area contributed by atoms with Gasteiger partial charge in [-0.05, 0) is 10.6 Å². The number of carbonyl (C=O) groups excluding carboxylic acids is 1. The molecule has 0 aliphatic rings. The quantitative estimate of drug-likeness (QED) is 0.271. The zero-order chi connectivity index (χ0) is 17.0. The molecule has 0 saturated carbocycles. The molecule has 0 fully saturated rings. The molecule has 4 nitrogen and oxygen atoms in total. The van der Waals surface area contributed by atoms with Gasteiger partial charge in [0.15, 0.2) is 0 Å². The number of ether oxygens (including phenoxy) is 1. The first-order chi connectivity index (χ1) is 10.1. The van der Waals surface area contributed by atoms with E-state index in [1.165, 1.54) is 0 Å². The number of rotatable bonds is 5. The highest BCUT2D eigenvalue weighted by Crippen LogP contribution is 2.40. The van der Waals surface area contributed by atoms with Crippen LogP contribution in [0, 0.1) is 0 Å². The van der Waals surface area contributed by atoms with Gasteiger partial charge in [0, 0.05) is 5.20 Å². The van der Waals surface area contributed by atoms with Crippen molar-refractivity contribution in [2.75, 3.05) is 0 Å². The van der Waals surface area contributed by atoms with Crippen molar-refractivity contribution in [2.24, 2.45) is 0 Å². The summed E-state index contributed by atoms with van der Waals surface area (Å²) in [5.74, 6) is -0.638. The second-order valence-electron chi connectivity index (χ2n) is 6.86. The summed E-state index contributed by atoms with van der Waals surface area (Å²) in [6.07, 6.45) is 0. The van der Waals surface area contributed by atoms with E-state index in [2.05, 4.69) is 45.2 Å². The van der Waals surface area contributed by atoms with E-state index >= 15 is 0 Å². The van der Waals surface area contributed by atoms with E-state index in [0.29, 0.717) is 5.20 Å². The Morgan fingerprint density at radius 2 is 1.82 bits per heavy atom. The molecule has 0 aromatic heterocycles. The standard InChI is InChI=1S/C17H24N2O2Si/c1-13(22(5,6)17(2,3)4)15(19-18)16(20)21-12-14-10-8-7-9-11-14/h7-11H,1,12H2,2-6H3. The van der Waals surface area contributed by atoms with Crippen LogP contribution in [-0.2, 0) is 16.1 Å². The lowest BCUT2D eigenvalue weighted by Gasteiger charge is -2.36. The summed E-state index contributed by atoms with van der Waals surface area (Å²) in [7, 11) is -2.05. The van der Waals surface area contributed by atoms with Crippen molar-refractivity contribution in [3.8, 4) is 0 Å². The smallest absolute Gasteiger partial charge is 0.421 e. The molecule has 1 rings (SSSR count). The molecule has 0 unspecified atom stereocenters. The number of esters is 1. The van der Waals surface area contributed by atoms with Crippen molar-refractivity contribution in [3.63, 3.8) is 0 Å². The first-order valence-electron chi connectivity index (χ1n) is 7.24. The second kappa shape index (κ2) is 6.86. The fourth-order valence-corrected chi connectivity index (χ4v) is 3.41. The van der Waals surface area contributed by atoms with Gasteiger partial charge in [-0.3, -0.25) is 0 Å². The largest absolute Gasteiger partial charge is 0.452 e. The van der Waals surface area contributed by atoms with Crippen LogP contribution in [0.5, 0.6) is 0 Å². The second-order valence-corrected chi connectivity index (χ2v) is 12.2. The maximum absolute atomic E-state index is 12.2. The van der Waals surface area contributed by atoms with Crippen LogP contribution >= 0.6 is 0 Å². The Morgan fingerprint density at radius 3 is 2.27 bits per heavy atom. The van der Waals surface area contributed by atoms with Gasteiger partial charge in [-0.25, -0.2) is 4.79 Å². The summed E-state index contributed by atoms with van der Waals surface area (Å²) < 4.78 is 5.24. The summed E-state index contributed by atoms with van der Waals surface area (Å²) >= 11 is 0. The van der Waals surface area contributed by atoms with E-state index in [4.69, 9.17) is 4.74 Å². The molecule has 1 aromatic rings. The van der Waals surface area contributed by atoms with E-state index in [1.807, 2.05) is 30.3 Å². The topological polar surface area (TPSA) is 62.7 Å². The van der Waals surface area contributed by atoms with Crippen molar-refractivity contribution in [3.05, 3.63) is 53.2 Å². The number of hydrogen-bond acceptors (Lipinski definition) is 2.